The lowest BCUT2D eigenvalue weighted by Gasteiger charge is -2.04. The van der Waals surface area contributed by atoms with Gasteiger partial charge in [-0.2, -0.15) is 0 Å². The number of hydrogen-bond acceptors (Lipinski definition) is 1. The zero-order valence-corrected chi connectivity index (χ0v) is 5.85. The number of hydrogen-bond donors (Lipinski definition) is 1. The van der Waals surface area contributed by atoms with E-state index < -0.39 is 0 Å². The molecule has 0 radical (unpaired) electrons. The molecule has 0 amide bonds. The molecule has 0 saturated heterocycles. The molecule has 1 rings (SSSR count). The molecule has 0 bridgehead atoms. The van der Waals surface area contributed by atoms with Gasteiger partial charge in [0.05, 0.1) is 0 Å². The number of nitrogens with one attached hydrogen (secondary N) is 1. The van der Waals surface area contributed by atoms with Crippen LogP contribution < -0.4 is 0 Å². The quantitative estimate of drug-likeness (QED) is 0.545. The van der Waals surface area contributed by atoms with Crippen LogP contribution in [0.15, 0.2) is 12.2 Å². The maximum absolute atomic E-state index is 7.45. The molecule has 0 aliphatic heterocycles. The average molecular weight is 123 g/mol. The van der Waals surface area contributed by atoms with E-state index in [-0.39, 0.29) is 0 Å². The fourth-order valence-electron chi connectivity index (χ4n) is 1.21. The van der Waals surface area contributed by atoms with E-state index >= 15 is 0 Å². The summed E-state index contributed by atoms with van der Waals surface area (Å²) in [6.07, 6.45) is 7.51. The van der Waals surface area contributed by atoms with Crippen molar-refractivity contribution in [1.82, 2.24) is 0 Å². The molecular weight excluding hydrogens is 110 g/mol. The Labute approximate surface area is 56.3 Å². The molecule has 1 aliphatic carbocycles. The van der Waals surface area contributed by atoms with Crippen LogP contribution in [0, 0.1) is 11.3 Å². The minimum atomic E-state index is 0.481. The first-order valence-corrected chi connectivity index (χ1v) is 3.58. The van der Waals surface area contributed by atoms with Gasteiger partial charge in [-0.15, -0.1) is 0 Å². The van der Waals surface area contributed by atoms with Gasteiger partial charge in [0.25, 0.3) is 0 Å². The van der Waals surface area contributed by atoms with Gasteiger partial charge in [-0.25, -0.2) is 0 Å². The average Bonchev–Trinajstić information content (AvgIpc) is 2.18. The number of rotatable bonds is 2. The van der Waals surface area contributed by atoms with E-state index in [0.717, 1.165) is 18.6 Å². The summed E-state index contributed by atoms with van der Waals surface area (Å²) in [5, 5.41) is 7.45. The van der Waals surface area contributed by atoms with Gasteiger partial charge in [-0.3, -0.25) is 0 Å². The first-order chi connectivity index (χ1) is 4.34. The third-order valence-corrected chi connectivity index (χ3v) is 1.75. The molecule has 1 nitrogen and oxygen atoms in total. The van der Waals surface area contributed by atoms with Crippen molar-refractivity contribution in [3.05, 3.63) is 12.2 Å². The Morgan fingerprint density at radius 2 is 2.56 bits per heavy atom. The highest BCUT2D eigenvalue weighted by Crippen LogP contribution is 2.17. The van der Waals surface area contributed by atoms with Gasteiger partial charge in [0.2, 0.25) is 0 Å². The Hall–Kier alpha value is -0.590. The maximum atomic E-state index is 7.45. The smallest absolute Gasteiger partial charge is 0.0195 e. The highest BCUT2D eigenvalue weighted by Gasteiger charge is 2.13. The van der Waals surface area contributed by atoms with E-state index in [1.54, 1.807) is 0 Å². The third-order valence-electron chi connectivity index (χ3n) is 1.75. The minimum absolute atomic E-state index is 0.481. The summed E-state index contributed by atoms with van der Waals surface area (Å²) in [5.41, 5.74) is 0.900. The van der Waals surface area contributed by atoms with E-state index in [1.807, 2.05) is 0 Å². The largest absolute Gasteiger partial charge is 0.309 e. The van der Waals surface area contributed by atoms with Gasteiger partial charge in [-0.05, 0) is 6.42 Å². The summed E-state index contributed by atoms with van der Waals surface area (Å²) in [7, 11) is 0. The van der Waals surface area contributed by atoms with Gasteiger partial charge in [-0.1, -0.05) is 25.5 Å². The molecule has 0 aromatic rings. The van der Waals surface area contributed by atoms with Gasteiger partial charge in [0.15, 0.2) is 0 Å². The monoisotopic (exact) mass is 123 g/mol. The minimum Gasteiger partial charge on any atom is -0.309 e. The van der Waals surface area contributed by atoms with E-state index in [4.69, 9.17) is 5.41 Å². The molecule has 0 aromatic carbocycles. The van der Waals surface area contributed by atoms with E-state index in [0.29, 0.717) is 5.92 Å². The lowest BCUT2D eigenvalue weighted by molar-refractivity contribution is 0.723. The Bertz CT molecular complexity index is 136. The summed E-state index contributed by atoms with van der Waals surface area (Å²) in [6, 6.07) is 0. The van der Waals surface area contributed by atoms with E-state index in [1.165, 1.54) is 6.42 Å². The fraction of sp³-hybridized carbons (Fsp3) is 0.625. The predicted molar refractivity (Wildman–Crippen MR) is 39.9 cm³/mol. The molecule has 1 N–H and O–H groups in total. The lowest BCUT2D eigenvalue weighted by atomic mass is 10.0. The standard InChI is InChI=1S/C8H13N/c1-2-4-7-5-3-6-8(7)9/h3,5,7,9H,2,4,6H2,1H3. The molecule has 0 fully saturated rings. The van der Waals surface area contributed by atoms with Crippen LogP contribution in [0.3, 0.4) is 0 Å². The van der Waals surface area contributed by atoms with E-state index in [2.05, 4.69) is 19.1 Å². The second kappa shape index (κ2) is 2.81. The molecule has 9 heavy (non-hydrogen) atoms. The van der Waals surface area contributed by atoms with Gasteiger partial charge >= 0.3 is 0 Å². The van der Waals surface area contributed by atoms with Crippen LogP contribution in [0.2, 0.25) is 0 Å². The van der Waals surface area contributed by atoms with Crippen LogP contribution in [0.1, 0.15) is 26.2 Å². The zero-order chi connectivity index (χ0) is 6.69. The normalized spacial score (nSPS) is 25.4. The molecule has 1 unspecified atom stereocenters. The van der Waals surface area contributed by atoms with Crippen LogP contribution >= 0.6 is 0 Å². The molecule has 50 valence electrons. The lowest BCUT2D eigenvalue weighted by Crippen LogP contribution is -2.03. The molecule has 0 spiro atoms. The summed E-state index contributed by atoms with van der Waals surface area (Å²) in [6.45, 7) is 2.17. The van der Waals surface area contributed by atoms with Crippen LogP contribution in [0.25, 0.3) is 0 Å². The van der Waals surface area contributed by atoms with Crippen molar-refractivity contribution in [2.45, 2.75) is 26.2 Å². The molecule has 0 saturated carbocycles. The topological polar surface area (TPSA) is 23.9 Å². The second-order valence-electron chi connectivity index (χ2n) is 2.55. The highest BCUT2D eigenvalue weighted by atomic mass is 14.4. The molecule has 1 atom stereocenters. The Morgan fingerprint density at radius 1 is 1.78 bits per heavy atom. The summed E-state index contributed by atoms with van der Waals surface area (Å²) >= 11 is 0. The van der Waals surface area contributed by atoms with Crippen LogP contribution in [-0.2, 0) is 0 Å². The van der Waals surface area contributed by atoms with Gasteiger partial charge in [0, 0.05) is 18.1 Å². The van der Waals surface area contributed by atoms with Crippen LogP contribution in [0.5, 0.6) is 0 Å². The van der Waals surface area contributed by atoms with Crippen molar-refractivity contribution in [3.8, 4) is 0 Å². The summed E-state index contributed by atoms with van der Waals surface area (Å²) in [5.74, 6) is 0.481. The van der Waals surface area contributed by atoms with Gasteiger partial charge in [0.1, 0.15) is 0 Å². The SMILES string of the molecule is CCCC1C=CCC1=N. The summed E-state index contributed by atoms with van der Waals surface area (Å²) in [4.78, 5) is 0. The Morgan fingerprint density at radius 3 is 3.00 bits per heavy atom. The predicted octanol–water partition coefficient (Wildman–Crippen LogP) is 2.38. The molecule has 1 heteroatoms. The first-order valence-electron chi connectivity index (χ1n) is 3.58. The van der Waals surface area contributed by atoms with E-state index in [9.17, 15) is 0 Å². The van der Waals surface area contributed by atoms with Crippen molar-refractivity contribution >= 4 is 5.71 Å². The molecule has 1 aliphatic rings. The third kappa shape index (κ3) is 1.41. The zero-order valence-electron chi connectivity index (χ0n) is 5.85. The fourth-order valence-corrected chi connectivity index (χ4v) is 1.21. The Balaban J connectivity index is 2.40. The maximum Gasteiger partial charge on any atom is 0.0195 e. The second-order valence-corrected chi connectivity index (χ2v) is 2.55. The van der Waals surface area contributed by atoms with Crippen molar-refractivity contribution in [2.24, 2.45) is 5.92 Å². The van der Waals surface area contributed by atoms with Crippen LogP contribution in [-0.4, -0.2) is 5.71 Å². The van der Waals surface area contributed by atoms with Crippen molar-refractivity contribution in [3.63, 3.8) is 0 Å². The number of allylic oxidation sites excluding steroid dienone is 2. The van der Waals surface area contributed by atoms with Crippen molar-refractivity contribution in [2.75, 3.05) is 0 Å². The van der Waals surface area contributed by atoms with Crippen molar-refractivity contribution in [1.29, 1.82) is 5.41 Å². The van der Waals surface area contributed by atoms with Gasteiger partial charge < -0.3 is 5.41 Å². The molecular formula is C8H13N. The van der Waals surface area contributed by atoms with Crippen molar-refractivity contribution < 1.29 is 0 Å². The highest BCUT2D eigenvalue weighted by molar-refractivity contribution is 5.89. The molecule has 0 heterocycles. The Kier molecular flexibility index (Phi) is 2.04. The van der Waals surface area contributed by atoms with Crippen LogP contribution in [0.4, 0.5) is 0 Å². The first kappa shape index (κ1) is 6.53. The molecule has 0 aromatic heterocycles. The summed E-state index contributed by atoms with van der Waals surface area (Å²) < 4.78 is 0.